The third-order valence-electron chi connectivity index (χ3n) is 2.87. The zero-order valence-electron chi connectivity index (χ0n) is 10.4. The van der Waals surface area contributed by atoms with Gasteiger partial charge in [0.05, 0.1) is 0 Å². The average molecular weight is 330 g/mol. The van der Waals surface area contributed by atoms with E-state index >= 15 is 0 Å². The Morgan fingerprint density at radius 1 is 1.47 bits per heavy atom. The van der Waals surface area contributed by atoms with Gasteiger partial charge in [-0.1, -0.05) is 0 Å². The monoisotopic (exact) mass is 329 g/mol. The van der Waals surface area contributed by atoms with Crippen molar-refractivity contribution in [1.29, 1.82) is 0 Å². The number of furan rings is 1. The molecule has 0 bridgehead atoms. The van der Waals surface area contributed by atoms with Crippen LogP contribution in [0.4, 0.5) is 10.7 Å². The van der Waals surface area contributed by atoms with Crippen LogP contribution in [0.15, 0.2) is 21.2 Å². The van der Waals surface area contributed by atoms with E-state index in [2.05, 4.69) is 26.6 Å². The van der Waals surface area contributed by atoms with E-state index < -0.39 is 0 Å². The van der Waals surface area contributed by atoms with Crippen LogP contribution in [0.2, 0.25) is 0 Å². The van der Waals surface area contributed by atoms with Gasteiger partial charge in [0, 0.05) is 32.1 Å². The molecule has 1 fully saturated rings. The summed E-state index contributed by atoms with van der Waals surface area (Å²) in [7, 11) is 0. The number of amides is 3. The molecule has 1 aliphatic rings. The average Bonchev–Trinajstić information content (AvgIpc) is 2.94. The standard InChI is InChI=1S/C12H16BrN3O3/c13-9-4-5-10(19-9)15-12(18)14-6-2-8-16-7-1-3-11(16)17/h4-5H,1-3,6-8H2,(H2,14,15,18). The van der Waals surface area contributed by atoms with E-state index in [4.69, 9.17) is 4.42 Å². The van der Waals surface area contributed by atoms with Gasteiger partial charge in [-0.15, -0.1) is 0 Å². The van der Waals surface area contributed by atoms with Crippen molar-refractivity contribution in [3.8, 4) is 0 Å². The number of hydrogen-bond donors (Lipinski definition) is 2. The van der Waals surface area contributed by atoms with Crippen LogP contribution in [-0.4, -0.2) is 36.5 Å². The number of carbonyl (C=O) groups is 2. The van der Waals surface area contributed by atoms with E-state index in [1.54, 1.807) is 12.1 Å². The predicted molar refractivity (Wildman–Crippen MR) is 73.9 cm³/mol. The molecule has 0 unspecified atom stereocenters. The van der Waals surface area contributed by atoms with Gasteiger partial charge >= 0.3 is 6.03 Å². The summed E-state index contributed by atoms with van der Waals surface area (Å²) in [5.41, 5.74) is 0. The lowest BCUT2D eigenvalue weighted by Crippen LogP contribution is -2.32. The van der Waals surface area contributed by atoms with Gasteiger partial charge in [0.1, 0.15) is 0 Å². The molecule has 1 aromatic rings. The fraction of sp³-hybridized carbons (Fsp3) is 0.500. The Hall–Kier alpha value is -1.50. The lowest BCUT2D eigenvalue weighted by Gasteiger charge is -2.15. The van der Waals surface area contributed by atoms with Crippen molar-refractivity contribution in [1.82, 2.24) is 10.2 Å². The Bertz CT molecular complexity index is 461. The summed E-state index contributed by atoms with van der Waals surface area (Å²) in [5.74, 6) is 0.601. The largest absolute Gasteiger partial charge is 0.434 e. The minimum Gasteiger partial charge on any atom is -0.434 e. The lowest BCUT2D eigenvalue weighted by atomic mass is 10.4. The van der Waals surface area contributed by atoms with Gasteiger partial charge in [0.2, 0.25) is 11.8 Å². The van der Waals surface area contributed by atoms with Crippen molar-refractivity contribution < 1.29 is 14.0 Å². The molecule has 19 heavy (non-hydrogen) atoms. The highest BCUT2D eigenvalue weighted by molar-refractivity contribution is 9.10. The summed E-state index contributed by atoms with van der Waals surface area (Å²) in [4.78, 5) is 24.7. The highest BCUT2D eigenvalue weighted by Gasteiger charge is 2.18. The van der Waals surface area contributed by atoms with E-state index in [9.17, 15) is 9.59 Å². The van der Waals surface area contributed by atoms with E-state index in [1.165, 1.54) is 0 Å². The number of nitrogens with one attached hydrogen (secondary N) is 2. The minimum absolute atomic E-state index is 0.213. The molecule has 0 saturated carbocycles. The van der Waals surface area contributed by atoms with Gasteiger partial charge in [0.25, 0.3) is 0 Å². The first kappa shape index (κ1) is 13.9. The first-order valence-electron chi connectivity index (χ1n) is 6.23. The quantitative estimate of drug-likeness (QED) is 0.813. The molecule has 3 amide bonds. The minimum atomic E-state index is -0.311. The maximum atomic E-state index is 11.5. The summed E-state index contributed by atoms with van der Waals surface area (Å²) in [6, 6.07) is 3.05. The van der Waals surface area contributed by atoms with Crippen molar-refractivity contribution in [3.63, 3.8) is 0 Å². The van der Waals surface area contributed by atoms with Gasteiger partial charge < -0.3 is 14.6 Å². The zero-order valence-corrected chi connectivity index (χ0v) is 12.0. The van der Waals surface area contributed by atoms with Crippen LogP contribution in [-0.2, 0) is 4.79 Å². The number of halogens is 1. The highest BCUT2D eigenvalue weighted by Crippen LogP contribution is 2.17. The molecule has 1 aliphatic heterocycles. The SMILES string of the molecule is O=C(NCCCN1CCCC1=O)Nc1ccc(Br)o1. The van der Waals surface area contributed by atoms with Gasteiger partial charge in [-0.2, -0.15) is 0 Å². The summed E-state index contributed by atoms with van der Waals surface area (Å²) < 4.78 is 5.71. The maximum Gasteiger partial charge on any atom is 0.321 e. The second-order valence-electron chi connectivity index (χ2n) is 4.32. The summed E-state index contributed by atoms with van der Waals surface area (Å²) >= 11 is 3.15. The third-order valence-corrected chi connectivity index (χ3v) is 3.30. The third kappa shape index (κ3) is 4.27. The Labute approximate surface area is 119 Å². The van der Waals surface area contributed by atoms with E-state index in [1.807, 2.05) is 4.90 Å². The molecule has 2 N–H and O–H groups in total. The zero-order chi connectivity index (χ0) is 13.7. The van der Waals surface area contributed by atoms with Crippen LogP contribution >= 0.6 is 15.9 Å². The number of carbonyl (C=O) groups excluding carboxylic acids is 2. The van der Waals surface area contributed by atoms with Gasteiger partial charge in [0.15, 0.2) is 4.67 Å². The van der Waals surface area contributed by atoms with E-state index in [-0.39, 0.29) is 11.9 Å². The van der Waals surface area contributed by atoms with Crippen LogP contribution in [0.25, 0.3) is 0 Å². The molecule has 104 valence electrons. The molecule has 1 aromatic heterocycles. The maximum absolute atomic E-state index is 11.5. The second kappa shape index (κ2) is 6.60. The highest BCUT2D eigenvalue weighted by atomic mass is 79.9. The number of hydrogen-bond acceptors (Lipinski definition) is 3. The number of urea groups is 1. The van der Waals surface area contributed by atoms with Crippen molar-refractivity contribution in [2.45, 2.75) is 19.3 Å². The fourth-order valence-corrected chi connectivity index (χ4v) is 2.26. The number of rotatable bonds is 5. The van der Waals surface area contributed by atoms with Gasteiger partial charge in [-0.3, -0.25) is 10.1 Å². The van der Waals surface area contributed by atoms with Crippen LogP contribution < -0.4 is 10.6 Å². The molecule has 0 atom stereocenters. The van der Waals surface area contributed by atoms with Gasteiger partial charge in [-0.05, 0) is 34.8 Å². The Kier molecular flexibility index (Phi) is 4.84. The Balaban J connectivity index is 1.60. The van der Waals surface area contributed by atoms with Crippen molar-refractivity contribution in [2.24, 2.45) is 0 Å². The van der Waals surface area contributed by atoms with Crippen LogP contribution in [0.3, 0.4) is 0 Å². The Morgan fingerprint density at radius 2 is 2.32 bits per heavy atom. The summed E-state index contributed by atoms with van der Waals surface area (Å²) in [6.07, 6.45) is 2.35. The number of likely N-dealkylation sites (tertiary alicyclic amines) is 1. The molecule has 1 saturated heterocycles. The molecule has 0 spiro atoms. The molecule has 6 nitrogen and oxygen atoms in total. The van der Waals surface area contributed by atoms with Crippen molar-refractivity contribution in [3.05, 3.63) is 16.8 Å². The van der Waals surface area contributed by atoms with E-state index in [0.717, 1.165) is 19.4 Å². The predicted octanol–water partition coefficient (Wildman–Crippen LogP) is 2.18. The van der Waals surface area contributed by atoms with Gasteiger partial charge in [-0.25, -0.2) is 4.79 Å². The van der Waals surface area contributed by atoms with Crippen molar-refractivity contribution in [2.75, 3.05) is 25.0 Å². The molecule has 0 radical (unpaired) electrons. The first-order chi connectivity index (χ1) is 9.15. The van der Waals surface area contributed by atoms with Crippen LogP contribution in [0.5, 0.6) is 0 Å². The normalized spacial score (nSPS) is 14.8. The molecule has 2 rings (SSSR count). The first-order valence-corrected chi connectivity index (χ1v) is 7.02. The molecule has 2 heterocycles. The van der Waals surface area contributed by atoms with Crippen LogP contribution in [0.1, 0.15) is 19.3 Å². The summed E-state index contributed by atoms with van der Waals surface area (Å²) in [6.45, 7) is 2.06. The smallest absolute Gasteiger partial charge is 0.321 e. The van der Waals surface area contributed by atoms with Crippen molar-refractivity contribution >= 4 is 33.8 Å². The molecular weight excluding hydrogens is 314 g/mol. The topological polar surface area (TPSA) is 74.6 Å². The number of anilines is 1. The Morgan fingerprint density at radius 3 is 2.95 bits per heavy atom. The lowest BCUT2D eigenvalue weighted by molar-refractivity contribution is -0.127. The fourth-order valence-electron chi connectivity index (χ4n) is 1.95. The number of nitrogens with zero attached hydrogens (tertiary/aromatic N) is 1. The summed E-state index contributed by atoms with van der Waals surface area (Å²) in [5, 5.41) is 5.29. The molecule has 7 heteroatoms. The second-order valence-corrected chi connectivity index (χ2v) is 5.10. The van der Waals surface area contributed by atoms with Crippen LogP contribution in [0, 0.1) is 0 Å². The molecule has 0 aromatic carbocycles. The van der Waals surface area contributed by atoms with E-state index in [0.29, 0.717) is 30.1 Å². The molecule has 0 aliphatic carbocycles. The molecular formula is C12H16BrN3O3.